The van der Waals surface area contributed by atoms with Crippen LogP contribution in [0.2, 0.25) is 0 Å². The summed E-state index contributed by atoms with van der Waals surface area (Å²) < 4.78 is 11.1. The van der Waals surface area contributed by atoms with E-state index in [1.807, 2.05) is 30.3 Å². The molecule has 1 N–H and O–H groups in total. The fraction of sp³-hybridized carbons (Fsp3) is 0.742. The normalized spacial score (nSPS) is 12.7. The van der Waals surface area contributed by atoms with Gasteiger partial charge >= 0.3 is 5.97 Å². The number of benzene rings is 1. The van der Waals surface area contributed by atoms with Crippen molar-refractivity contribution in [2.24, 2.45) is 0 Å². The van der Waals surface area contributed by atoms with Crippen LogP contribution in [0.4, 0.5) is 0 Å². The molecule has 0 bridgehead atoms. The number of rotatable bonds is 24. The third-order valence-electron chi connectivity index (χ3n) is 6.55. The number of amides is 1. The Hall–Kier alpha value is -1.59. The third-order valence-corrected chi connectivity index (χ3v) is 6.86. The Kier molecular flexibility index (Phi) is 21.3. The Morgan fingerprint density at radius 1 is 0.784 bits per heavy atom. The van der Waals surface area contributed by atoms with Gasteiger partial charge in [-0.2, -0.15) is 0 Å². The lowest BCUT2D eigenvalue weighted by molar-refractivity contribution is -0.151. The minimum atomic E-state index is -0.860. The van der Waals surface area contributed by atoms with E-state index in [1.54, 1.807) is 0 Å². The molecule has 1 aromatic rings. The highest BCUT2D eigenvalue weighted by atomic mass is 35.5. The second kappa shape index (κ2) is 23.5. The van der Waals surface area contributed by atoms with Gasteiger partial charge in [0.1, 0.15) is 0 Å². The molecule has 0 aliphatic heterocycles. The monoisotopic (exact) mass is 537 g/mol. The molecule has 1 unspecified atom stereocenters. The number of hydrogen-bond acceptors (Lipinski definition) is 4. The van der Waals surface area contributed by atoms with E-state index in [-0.39, 0.29) is 12.5 Å². The molecule has 0 saturated heterocycles. The van der Waals surface area contributed by atoms with Gasteiger partial charge < -0.3 is 14.8 Å². The Balaban J connectivity index is 2.26. The average molecular weight is 538 g/mol. The number of nitrogens with one attached hydrogen (secondary N) is 1. The summed E-state index contributed by atoms with van der Waals surface area (Å²) in [6.07, 6.45) is 19.2. The van der Waals surface area contributed by atoms with Crippen LogP contribution in [0.15, 0.2) is 30.3 Å². The largest absolute Gasteiger partial charge is 0.444 e. The molecule has 0 aromatic heterocycles. The van der Waals surface area contributed by atoms with E-state index in [1.165, 1.54) is 64.2 Å². The quantitative estimate of drug-likeness (QED) is 0.0815. The first kappa shape index (κ1) is 33.4. The first-order valence-electron chi connectivity index (χ1n) is 14.8. The van der Waals surface area contributed by atoms with E-state index in [4.69, 9.17) is 21.1 Å². The number of unbranched alkanes of at least 4 members (excludes halogenated alkanes) is 13. The minimum absolute atomic E-state index is 0.0510. The predicted octanol–water partition coefficient (Wildman–Crippen LogP) is 8.47. The zero-order valence-electron chi connectivity index (χ0n) is 23.5. The number of carbonyl (C=O) groups excluding carboxylic acids is 2. The SMILES string of the molecule is CCCCCCCCCCCCCCCC(=O)N[C@@H](COCc1ccccc1)C(=O)OC(Cl)CCCC. The van der Waals surface area contributed by atoms with Crippen molar-refractivity contribution in [1.29, 1.82) is 0 Å². The first-order chi connectivity index (χ1) is 18.1. The van der Waals surface area contributed by atoms with Crippen LogP contribution in [0.5, 0.6) is 0 Å². The van der Waals surface area contributed by atoms with Gasteiger partial charge in [-0.1, -0.05) is 139 Å². The van der Waals surface area contributed by atoms with Gasteiger partial charge in [0.15, 0.2) is 11.6 Å². The smallest absolute Gasteiger partial charge is 0.332 e. The van der Waals surface area contributed by atoms with Gasteiger partial charge in [0.2, 0.25) is 5.91 Å². The highest BCUT2D eigenvalue weighted by Gasteiger charge is 2.25. The highest BCUT2D eigenvalue weighted by Crippen LogP contribution is 2.14. The van der Waals surface area contributed by atoms with Crippen molar-refractivity contribution in [3.8, 4) is 0 Å². The molecule has 0 aliphatic carbocycles. The molecule has 0 fully saturated rings. The van der Waals surface area contributed by atoms with Crippen LogP contribution >= 0.6 is 11.6 Å². The molecule has 0 saturated carbocycles. The summed E-state index contributed by atoms with van der Waals surface area (Å²) in [7, 11) is 0. The summed E-state index contributed by atoms with van der Waals surface area (Å²) in [5.74, 6) is -0.684. The molecule has 1 aromatic carbocycles. The maximum Gasteiger partial charge on any atom is 0.332 e. The minimum Gasteiger partial charge on any atom is -0.444 e. The van der Waals surface area contributed by atoms with Crippen LogP contribution in [-0.2, 0) is 25.7 Å². The van der Waals surface area contributed by atoms with Crippen LogP contribution in [0.3, 0.4) is 0 Å². The summed E-state index contributed by atoms with van der Waals surface area (Å²) in [6.45, 7) is 4.73. The molecule has 0 spiro atoms. The van der Waals surface area contributed by atoms with Crippen molar-refractivity contribution in [2.75, 3.05) is 6.61 Å². The van der Waals surface area contributed by atoms with Gasteiger partial charge in [0.25, 0.3) is 0 Å². The van der Waals surface area contributed by atoms with E-state index in [0.29, 0.717) is 19.4 Å². The van der Waals surface area contributed by atoms with Crippen LogP contribution < -0.4 is 5.32 Å². The van der Waals surface area contributed by atoms with Gasteiger partial charge in [0.05, 0.1) is 13.2 Å². The van der Waals surface area contributed by atoms with Crippen LogP contribution in [0.1, 0.15) is 129 Å². The van der Waals surface area contributed by atoms with E-state index in [9.17, 15) is 9.59 Å². The third kappa shape index (κ3) is 19.2. The molecule has 2 atom stereocenters. The second-order valence-corrected chi connectivity index (χ2v) is 10.6. The highest BCUT2D eigenvalue weighted by molar-refractivity contribution is 6.20. The van der Waals surface area contributed by atoms with Gasteiger partial charge in [-0.15, -0.1) is 0 Å². The van der Waals surface area contributed by atoms with Crippen LogP contribution in [0.25, 0.3) is 0 Å². The van der Waals surface area contributed by atoms with Gasteiger partial charge in [0, 0.05) is 6.42 Å². The van der Waals surface area contributed by atoms with Crippen LogP contribution in [-0.4, -0.2) is 30.1 Å². The zero-order chi connectivity index (χ0) is 27.0. The molecule has 0 aliphatic rings. The van der Waals surface area contributed by atoms with Crippen molar-refractivity contribution < 1.29 is 19.1 Å². The summed E-state index contributed by atoms with van der Waals surface area (Å²) in [5, 5.41) is 2.81. The van der Waals surface area contributed by atoms with Crippen LogP contribution in [0, 0.1) is 0 Å². The van der Waals surface area contributed by atoms with Gasteiger partial charge in [-0.05, 0) is 24.8 Å². The Labute approximate surface area is 231 Å². The standard InChI is InChI=1S/C31H52ClNO4/c1-3-5-7-8-9-10-11-12-13-14-15-16-20-24-30(34)33-28(31(35)37-29(32)23-6-4-2)26-36-25-27-21-18-17-19-22-27/h17-19,21-22,28-29H,3-16,20,23-26H2,1-2H3,(H,33,34)/t28-,29?/m0/s1. The van der Waals surface area contributed by atoms with E-state index in [0.717, 1.165) is 37.7 Å². The predicted molar refractivity (Wildman–Crippen MR) is 154 cm³/mol. The van der Waals surface area contributed by atoms with Crippen molar-refractivity contribution in [2.45, 2.75) is 141 Å². The maximum atomic E-state index is 12.7. The topological polar surface area (TPSA) is 64.6 Å². The van der Waals surface area contributed by atoms with E-state index in [2.05, 4.69) is 19.2 Å². The van der Waals surface area contributed by atoms with Crippen molar-refractivity contribution >= 4 is 23.5 Å². The number of ether oxygens (including phenoxy) is 2. The summed E-state index contributed by atoms with van der Waals surface area (Å²) in [4.78, 5) is 25.2. The number of hydrogen-bond donors (Lipinski definition) is 1. The van der Waals surface area contributed by atoms with Gasteiger partial charge in [-0.3, -0.25) is 4.79 Å². The lowest BCUT2D eigenvalue weighted by Crippen LogP contribution is -2.45. The summed E-state index contributed by atoms with van der Waals surface area (Å²) in [6, 6.07) is 8.87. The summed E-state index contributed by atoms with van der Waals surface area (Å²) >= 11 is 6.17. The first-order valence-corrected chi connectivity index (χ1v) is 15.3. The van der Waals surface area contributed by atoms with Crippen molar-refractivity contribution in [3.63, 3.8) is 0 Å². The van der Waals surface area contributed by atoms with E-state index >= 15 is 0 Å². The molecule has 5 nitrogen and oxygen atoms in total. The molecule has 212 valence electrons. The summed E-state index contributed by atoms with van der Waals surface area (Å²) in [5.41, 5.74) is 0.313. The molecule has 0 radical (unpaired) electrons. The lowest BCUT2D eigenvalue weighted by atomic mass is 10.0. The molecule has 1 amide bonds. The van der Waals surface area contributed by atoms with Crippen molar-refractivity contribution in [1.82, 2.24) is 5.32 Å². The number of carbonyl (C=O) groups is 2. The maximum absolute atomic E-state index is 12.7. The lowest BCUT2D eigenvalue weighted by Gasteiger charge is -2.20. The zero-order valence-corrected chi connectivity index (χ0v) is 24.2. The number of esters is 1. The second-order valence-electron chi connectivity index (χ2n) is 10.1. The molecule has 0 heterocycles. The fourth-order valence-corrected chi connectivity index (χ4v) is 4.48. The average Bonchev–Trinajstić information content (AvgIpc) is 2.90. The van der Waals surface area contributed by atoms with Gasteiger partial charge in [-0.25, -0.2) is 4.79 Å². The fourth-order valence-electron chi connectivity index (χ4n) is 4.24. The number of halogens is 1. The molecule has 1 rings (SSSR count). The Bertz CT molecular complexity index is 685. The molecule has 6 heteroatoms. The molecular formula is C31H52ClNO4. The molecule has 37 heavy (non-hydrogen) atoms. The van der Waals surface area contributed by atoms with Crippen molar-refractivity contribution in [3.05, 3.63) is 35.9 Å². The molecular weight excluding hydrogens is 486 g/mol. The Morgan fingerprint density at radius 2 is 1.32 bits per heavy atom. The Morgan fingerprint density at radius 3 is 1.89 bits per heavy atom. The number of alkyl halides is 1. The van der Waals surface area contributed by atoms with E-state index < -0.39 is 17.6 Å².